The summed E-state index contributed by atoms with van der Waals surface area (Å²) < 4.78 is 16.0. The SMILES string of the molecule is C[C@]1(N2CCCC2=O)C[C@@H](Nc2ncc3c(-c4cc(F)c5nccn5c4)c[nH]c3n2)C1. The average molecular weight is 419 g/mol. The molecule has 2 N–H and O–H groups in total. The number of anilines is 1. The third kappa shape index (κ3) is 2.87. The second kappa shape index (κ2) is 6.50. The quantitative estimate of drug-likeness (QED) is 0.529. The molecule has 0 aromatic carbocycles. The van der Waals surface area contributed by atoms with Gasteiger partial charge in [-0.05, 0) is 32.3 Å². The molecule has 9 heteroatoms. The summed E-state index contributed by atoms with van der Waals surface area (Å²) in [7, 11) is 0. The summed E-state index contributed by atoms with van der Waals surface area (Å²) in [5, 5.41) is 4.21. The number of carbonyl (C=O) groups excluding carboxylic acids is 1. The van der Waals surface area contributed by atoms with E-state index in [2.05, 4.69) is 32.2 Å². The highest BCUT2D eigenvalue weighted by Crippen LogP contribution is 2.41. The van der Waals surface area contributed by atoms with Gasteiger partial charge in [-0.3, -0.25) is 4.79 Å². The zero-order valence-electron chi connectivity index (χ0n) is 17.1. The summed E-state index contributed by atoms with van der Waals surface area (Å²) in [5.74, 6) is 0.445. The summed E-state index contributed by atoms with van der Waals surface area (Å²) in [6.45, 7) is 3.02. The second-order valence-corrected chi connectivity index (χ2v) is 8.79. The van der Waals surface area contributed by atoms with Crippen LogP contribution < -0.4 is 5.32 Å². The van der Waals surface area contributed by atoms with E-state index in [1.54, 1.807) is 23.0 Å². The van der Waals surface area contributed by atoms with E-state index in [0.29, 0.717) is 23.7 Å². The third-order valence-corrected chi connectivity index (χ3v) is 6.62. The molecule has 0 radical (unpaired) electrons. The van der Waals surface area contributed by atoms with Gasteiger partial charge in [0.25, 0.3) is 0 Å². The Morgan fingerprint density at radius 2 is 2.19 bits per heavy atom. The summed E-state index contributed by atoms with van der Waals surface area (Å²) in [5.41, 5.74) is 2.48. The number of hydrogen-bond acceptors (Lipinski definition) is 5. The lowest BCUT2D eigenvalue weighted by Crippen LogP contribution is -2.59. The first-order valence-electron chi connectivity index (χ1n) is 10.5. The van der Waals surface area contributed by atoms with Crippen molar-refractivity contribution in [1.29, 1.82) is 0 Å². The molecule has 5 heterocycles. The summed E-state index contributed by atoms with van der Waals surface area (Å²) in [6, 6.07) is 1.72. The zero-order chi connectivity index (χ0) is 21.2. The molecule has 2 fully saturated rings. The fraction of sp³-hybridized carbons (Fsp3) is 0.364. The first-order valence-corrected chi connectivity index (χ1v) is 10.5. The van der Waals surface area contributed by atoms with Gasteiger partial charge in [-0.15, -0.1) is 0 Å². The number of nitrogens with zero attached hydrogens (tertiary/aromatic N) is 5. The molecule has 1 amide bonds. The molecular weight excluding hydrogens is 397 g/mol. The van der Waals surface area contributed by atoms with E-state index in [-0.39, 0.29) is 23.3 Å². The minimum atomic E-state index is -0.374. The molecule has 1 aliphatic heterocycles. The van der Waals surface area contributed by atoms with Crippen molar-refractivity contribution in [2.24, 2.45) is 0 Å². The number of imidazole rings is 1. The maximum absolute atomic E-state index is 14.4. The van der Waals surface area contributed by atoms with Gasteiger partial charge in [0.15, 0.2) is 11.5 Å². The van der Waals surface area contributed by atoms with Crippen LogP contribution in [0.4, 0.5) is 10.3 Å². The number of hydrogen-bond donors (Lipinski definition) is 2. The molecule has 1 aliphatic carbocycles. The van der Waals surface area contributed by atoms with Gasteiger partial charge in [0.05, 0.1) is 0 Å². The Morgan fingerprint density at radius 1 is 1.32 bits per heavy atom. The molecule has 1 saturated carbocycles. The van der Waals surface area contributed by atoms with Gasteiger partial charge in [-0.1, -0.05) is 0 Å². The number of likely N-dealkylation sites (tertiary alicyclic amines) is 1. The van der Waals surface area contributed by atoms with Crippen molar-refractivity contribution in [3.05, 3.63) is 42.9 Å². The fourth-order valence-corrected chi connectivity index (χ4v) is 5.08. The Morgan fingerprint density at radius 3 is 3.00 bits per heavy atom. The Hall–Kier alpha value is -3.49. The molecule has 158 valence electrons. The van der Waals surface area contributed by atoms with E-state index in [4.69, 9.17) is 0 Å². The highest BCUT2D eigenvalue weighted by atomic mass is 19.1. The number of fused-ring (bicyclic) bond motifs is 2. The highest BCUT2D eigenvalue weighted by Gasteiger charge is 2.48. The Labute approximate surface area is 177 Å². The lowest BCUT2D eigenvalue weighted by Gasteiger charge is -2.51. The van der Waals surface area contributed by atoms with Crippen molar-refractivity contribution in [2.75, 3.05) is 11.9 Å². The second-order valence-electron chi connectivity index (χ2n) is 8.79. The first-order chi connectivity index (χ1) is 15.0. The standard InChI is InChI=1S/C22H22FN7O/c1-22(30-5-2-3-18(30)31)8-14(9-22)27-21-26-11-16-15(10-25-19(16)28-21)13-7-17(23)20-24-4-6-29(20)12-13/h4,6-7,10-12,14H,2-3,5,8-9H2,1H3,(H2,25,26,27,28)/t14-,22+. The number of pyridine rings is 1. The fourth-order valence-electron chi connectivity index (χ4n) is 5.08. The highest BCUT2D eigenvalue weighted by molar-refractivity contribution is 5.93. The number of rotatable bonds is 4. The topological polar surface area (TPSA) is 91.2 Å². The predicted octanol–water partition coefficient (Wildman–Crippen LogP) is 3.37. The monoisotopic (exact) mass is 419 g/mol. The van der Waals surface area contributed by atoms with Crippen LogP contribution in [0.2, 0.25) is 0 Å². The van der Waals surface area contributed by atoms with Crippen LogP contribution in [-0.4, -0.2) is 53.3 Å². The minimum absolute atomic E-state index is 0.0645. The number of nitrogens with one attached hydrogen (secondary N) is 2. The van der Waals surface area contributed by atoms with Crippen LogP contribution >= 0.6 is 0 Å². The van der Waals surface area contributed by atoms with Gasteiger partial charge < -0.3 is 19.6 Å². The number of carbonyl (C=O) groups is 1. The summed E-state index contributed by atoms with van der Waals surface area (Å²) in [6.07, 6.45) is 12.1. The molecule has 0 bridgehead atoms. The maximum atomic E-state index is 14.4. The van der Waals surface area contributed by atoms with Gasteiger partial charge in [-0.25, -0.2) is 14.4 Å². The van der Waals surface area contributed by atoms with E-state index >= 15 is 0 Å². The van der Waals surface area contributed by atoms with Crippen molar-refractivity contribution >= 4 is 28.5 Å². The minimum Gasteiger partial charge on any atom is -0.351 e. The molecule has 4 aromatic rings. The van der Waals surface area contributed by atoms with Crippen molar-refractivity contribution in [2.45, 2.75) is 44.2 Å². The van der Waals surface area contributed by atoms with Gasteiger partial charge in [0, 0.05) is 72.0 Å². The summed E-state index contributed by atoms with van der Waals surface area (Å²) >= 11 is 0. The van der Waals surface area contributed by atoms with Gasteiger partial charge in [-0.2, -0.15) is 4.98 Å². The average Bonchev–Trinajstić information content (AvgIpc) is 3.45. The van der Waals surface area contributed by atoms with E-state index in [1.165, 1.54) is 6.07 Å². The van der Waals surface area contributed by atoms with E-state index in [0.717, 1.165) is 42.3 Å². The molecule has 2 aliphatic rings. The first kappa shape index (κ1) is 18.3. The molecular formula is C22H22FN7O. The van der Waals surface area contributed by atoms with Crippen LogP contribution in [0.3, 0.4) is 0 Å². The van der Waals surface area contributed by atoms with Gasteiger partial charge in [0.2, 0.25) is 11.9 Å². The number of halogens is 1. The summed E-state index contributed by atoms with van der Waals surface area (Å²) in [4.78, 5) is 30.4. The lowest BCUT2D eigenvalue weighted by atomic mass is 9.73. The maximum Gasteiger partial charge on any atom is 0.224 e. The van der Waals surface area contributed by atoms with Crippen LogP contribution in [0.1, 0.15) is 32.6 Å². The third-order valence-electron chi connectivity index (χ3n) is 6.62. The van der Waals surface area contributed by atoms with Crippen LogP contribution in [0.25, 0.3) is 27.8 Å². The molecule has 6 rings (SSSR count). The zero-order valence-corrected chi connectivity index (χ0v) is 17.1. The van der Waals surface area contributed by atoms with Crippen LogP contribution in [-0.2, 0) is 4.79 Å². The molecule has 0 atom stereocenters. The van der Waals surface area contributed by atoms with Crippen molar-refractivity contribution in [3.63, 3.8) is 0 Å². The smallest absolute Gasteiger partial charge is 0.224 e. The molecule has 0 unspecified atom stereocenters. The van der Waals surface area contributed by atoms with E-state index in [9.17, 15) is 9.18 Å². The van der Waals surface area contributed by atoms with Crippen molar-refractivity contribution in [1.82, 2.24) is 29.2 Å². The molecule has 0 spiro atoms. The largest absolute Gasteiger partial charge is 0.351 e. The molecule has 1 saturated heterocycles. The van der Waals surface area contributed by atoms with E-state index < -0.39 is 0 Å². The Balaban J connectivity index is 1.22. The number of H-pyrrole nitrogens is 1. The van der Waals surface area contributed by atoms with Crippen LogP contribution in [0, 0.1) is 5.82 Å². The number of aromatic amines is 1. The van der Waals surface area contributed by atoms with Crippen molar-refractivity contribution < 1.29 is 9.18 Å². The Kier molecular flexibility index (Phi) is 3.84. The van der Waals surface area contributed by atoms with Crippen LogP contribution in [0.5, 0.6) is 0 Å². The molecule has 31 heavy (non-hydrogen) atoms. The normalized spacial score (nSPS) is 23.6. The van der Waals surface area contributed by atoms with Crippen molar-refractivity contribution in [3.8, 4) is 11.1 Å². The lowest BCUT2D eigenvalue weighted by molar-refractivity contribution is -0.136. The Bertz CT molecular complexity index is 1320. The number of amides is 1. The van der Waals surface area contributed by atoms with Crippen LogP contribution in [0.15, 0.2) is 37.1 Å². The van der Waals surface area contributed by atoms with Gasteiger partial charge >= 0.3 is 0 Å². The predicted molar refractivity (Wildman–Crippen MR) is 114 cm³/mol. The molecule has 4 aromatic heterocycles. The van der Waals surface area contributed by atoms with E-state index in [1.807, 2.05) is 17.3 Å². The van der Waals surface area contributed by atoms with Gasteiger partial charge in [0.1, 0.15) is 5.65 Å². The molecule has 8 nitrogen and oxygen atoms in total. The number of aromatic nitrogens is 5.